The summed E-state index contributed by atoms with van der Waals surface area (Å²) < 4.78 is 0. The van der Waals surface area contributed by atoms with Crippen molar-refractivity contribution in [1.82, 2.24) is 10.2 Å². The van der Waals surface area contributed by atoms with Crippen LogP contribution in [0.5, 0.6) is 0 Å². The van der Waals surface area contributed by atoms with Crippen LogP contribution in [0.2, 0.25) is 0 Å². The van der Waals surface area contributed by atoms with Gasteiger partial charge in [-0.3, -0.25) is 14.5 Å². The standard InChI is InChI=1S/C17H15N3O4S/c18-7-6-12(21)19-13-15(22)20-14(17(23)24)11(9-25-16(13)20)8-10-4-2-1-3-5-10/h1-5,13,16H,6,8-9H2,(H,19,21)(H,23,24)/t13-,16-/m1/s1. The summed E-state index contributed by atoms with van der Waals surface area (Å²) >= 11 is 1.42. The first-order valence-corrected chi connectivity index (χ1v) is 8.68. The van der Waals surface area contributed by atoms with E-state index in [1.54, 1.807) is 6.07 Å². The van der Waals surface area contributed by atoms with Gasteiger partial charge in [-0.05, 0) is 17.6 Å². The summed E-state index contributed by atoms with van der Waals surface area (Å²) in [5, 5.41) is 20.2. The fraction of sp³-hybridized carbons (Fsp3) is 0.294. The highest BCUT2D eigenvalue weighted by atomic mass is 32.2. The number of carboxylic acids is 1. The van der Waals surface area contributed by atoms with Gasteiger partial charge in [0, 0.05) is 5.75 Å². The van der Waals surface area contributed by atoms with Gasteiger partial charge in [0.2, 0.25) is 5.91 Å². The average Bonchev–Trinajstić information content (AvgIpc) is 2.60. The van der Waals surface area contributed by atoms with Crippen molar-refractivity contribution in [2.45, 2.75) is 24.3 Å². The molecule has 0 aliphatic carbocycles. The van der Waals surface area contributed by atoms with Gasteiger partial charge in [0.05, 0.1) is 6.07 Å². The third-order valence-electron chi connectivity index (χ3n) is 4.07. The minimum Gasteiger partial charge on any atom is -0.477 e. The Labute approximate surface area is 148 Å². The summed E-state index contributed by atoms with van der Waals surface area (Å²) in [4.78, 5) is 36.9. The van der Waals surface area contributed by atoms with Gasteiger partial charge in [-0.15, -0.1) is 11.8 Å². The molecule has 0 saturated carbocycles. The van der Waals surface area contributed by atoms with Crippen LogP contribution < -0.4 is 5.32 Å². The number of nitrogens with zero attached hydrogens (tertiary/aromatic N) is 2. The number of aliphatic carboxylic acids is 1. The van der Waals surface area contributed by atoms with Crippen molar-refractivity contribution in [2.24, 2.45) is 0 Å². The van der Waals surface area contributed by atoms with Crippen LogP contribution in [0.15, 0.2) is 41.6 Å². The normalized spacial score (nSPS) is 21.9. The maximum Gasteiger partial charge on any atom is 0.352 e. The van der Waals surface area contributed by atoms with Crippen LogP contribution in [0.1, 0.15) is 12.0 Å². The van der Waals surface area contributed by atoms with E-state index < -0.39 is 29.2 Å². The molecule has 1 aromatic carbocycles. The molecule has 0 spiro atoms. The van der Waals surface area contributed by atoms with Gasteiger partial charge in [0.1, 0.15) is 23.5 Å². The lowest BCUT2D eigenvalue weighted by molar-refractivity contribution is -0.150. The van der Waals surface area contributed by atoms with Gasteiger partial charge >= 0.3 is 5.97 Å². The number of rotatable bonds is 5. The number of nitrogens with one attached hydrogen (secondary N) is 1. The van der Waals surface area contributed by atoms with Crippen molar-refractivity contribution >= 4 is 29.5 Å². The number of carbonyl (C=O) groups excluding carboxylic acids is 2. The van der Waals surface area contributed by atoms with Crippen molar-refractivity contribution in [3.05, 3.63) is 47.2 Å². The number of hydrogen-bond acceptors (Lipinski definition) is 5. The first-order valence-electron chi connectivity index (χ1n) is 7.63. The third-order valence-corrected chi connectivity index (χ3v) is 5.41. The zero-order valence-corrected chi connectivity index (χ0v) is 14.0. The predicted molar refractivity (Wildman–Crippen MR) is 90.1 cm³/mol. The largest absolute Gasteiger partial charge is 0.477 e. The molecule has 1 saturated heterocycles. The van der Waals surface area contributed by atoms with Crippen LogP contribution >= 0.6 is 11.8 Å². The Hall–Kier alpha value is -2.79. The number of nitriles is 1. The van der Waals surface area contributed by atoms with Crippen LogP contribution in [-0.2, 0) is 20.8 Å². The fourth-order valence-corrected chi connectivity index (χ4v) is 4.30. The van der Waals surface area contributed by atoms with Crippen LogP contribution in [0, 0.1) is 11.3 Å². The summed E-state index contributed by atoms with van der Waals surface area (Å²) in [7, 11) is 0. The molecule has 2 N–H and O–H groups in total. The molecule has 0 unspecified atom stereocenters. The fourth-order valence-electron chi connectivity index (χ4n) is 2.96. The molecule has 8 heteroatoms. The third kappa shape index (κ3) is 3.23. The van der Waals surface area contributed by atoms with Crippen molar-refractivity contribution in [3.8, 4) is 6.07 Å². The molecule has 1 fully saturated rings. The monoisotopic (exact) mass is 357 g/mol. The Morgan fingerprint density at radius 3 is 2.72 bits per heavy atom. The molecule has 2 atom stereocenters. The van der Waals surface area contributed by atoms with Crippen LogP contribution in [-0.4, -0.2) is 45.0 Å². The smallest absolute Gasteiger partial charge is 0.352 e. The molecular weight excluding hydrogens is 342 g/mol. The maximum atomic E-state index is 12.4. The number of amides is 2. The first kappa shape index (κ1) is 17.0. The Bertz CT molecular complexity index is 800. The maximum absolute atomic E-state index is 12.4. The van der Waals surface area contributed by atoms with Gasteiger partial charge in [0.25, 0.3) is 5.91 Å². The number of thioether (sulfide) groups is 1. The Balaban J connectivity index is 1.82. The quantitative estimate of drug-likeness (QED) is 0.757. The van der Waals surface area contributed by atoms with Crippen molar-refractivity contribution < 1.29 is 19.5 Å². The van der Waals surface area contributed by atoms with Crippen molar-refractivity contribution in [1.29, 1.82) is 5.26 Å². The highest BCUT2D eigenvalue weighted by Gasteiger charge is 2.54. The lowest BCUT2D eigenvalue weighted by atomic mass is 9.99. The summed E-state index contributed by atoms with van der Waals surface area (Å²) in [5.74, 6) is -1.66. The molecular formula is C17H15N3O4S. The van der Waals surface area contributed by atoms with E-state index in [1.807, 2.05) is 30.3 Å². The molecule has 128 valence electrons. The number of fused-ring (bicyclic) bond motifs is 1. The van der Waals surface area contributed by atoms with E-state index in [0.29, 0.717) is 17.7 Å². The highest BCUT2D eigenvalue weighted by molar-refractivity contribution is 8.00. The van der Waals surface area contributed by atoms with E-state index in [1.165, 1.54) is 16.7 Å². The Kier molecular flexibility index (Phi) is 4.76. The van der Waals surface area contributed by atoms with Crippen molar-refractivity contribution in [3.63, 3.8) is 0 Å². The minimum absolute atomic E-state index is 0.00313. The predicted octanol–water partition coefficient (Wildman–Crippen LogP) is 0.881. The molecule has 25 heavy (non-hydrogen) atoms. The second-order valence-electron chi connectivity index (χ2n) is 5.71. The SMILES string of the molecule is N#CCC(=O)N[C@@H]1C(=O)N2C(C(=O)O)=C(Cc3ccccc3)CS[C@H]12. The number of benzene rings is 1. The van der Waals surface area contributed by atoms with Gasteiger partial charge < -0.3 is 10.4 Å². The second-order valence-corrected chi connectivity index (χ2v) is 6.81. The van der Waals surface area contributed by atoms with Crippen LogP contribution in [0.4, 0.5) is 0 Å². The van der Waals surface area contributed by atoms with E-state index in [9.17, 15) is 19.5 Å². The second kappa shape index (κ2) is 6.99. The zero-order chi connectivity index (χ0) is 18.0. The molecule has 1 aromatic rings. The summed E-state index contributed by atoms with van der Waals surface area (Å²) in [5.41, 5.74) is 1.65. The number of β-lactam (4-membered cyclic amide) rings is 1. The van der Waals surface area contributed by atoms with Gasteiger partial charge in [-0.1, -0.05) is 30.3 Å². The van der Waals surface area contributed by atoms with Crippen molar-refractivity contribution in [2.75, 3.05) is 5.75 Å². The molecule has 0 aromatic heterocycles. The molecule has 2 aliphatic heterocycles. The van der Waals surface area contributed by atoms with Crippen LogP contribution in [0.3, 0.4) is 0 Å². The van der Waals surface area contributed by atoms with Crippen LogP contribution in [0.25, 0.3) is 0 Å². The minimum atomic E-state index is -1.15. The van der Waals surface area contributed by atoms with E-state index in [4.69, 9.17) is 5.26 Å². The molecule has 0 bridgehead atoms. The molecule has 3 rings (SSSR count). The van der Waals surface area contributed by atoms with E-state index in [2.05, 4.69) is 5.32 Å². The number of hydrogen-bond donors (Lipinski definition) is 2. The molecule has 7 nitrogen and oxygen atoms in total. The van der Waals surface area contributed by atoms with Gasteiger partial charge in [0.15, 0.2) is 0 Å². The molecule has 0 radical (unpaired) electrons. The van der Waals surface area contributed by atoms with E-state index in [-0.39, 0.29) is 12.1 Å². The average molecular weight is 357 g/mol. The molecule has 2 aliphatic rings. The van der Waals surface area contributed by atoms with E-state index >= 15 is 0 Å². The lowest BCUT2D eigenvalue weighted by Gasteiger charge is -2.49. The summed E-state index contributed by atoms with van der Waals surface area (Å²) in [6, 6.07) is 10.4. The summed E-state index contributed by atoms with van der Waals surface area (Å²) in [6.45, 7) is 0. The zero-order valence-electron chi connectivity index (χ0n) is 13.1. The first-order chi connectivity index (χ1) is 12.0. The lowest BCUT2D eigenvalue weighted by Crippen LogP contribution is -2.70. The number of carbonyl (C=O) groups is 3. The van der Waals surface area contributed by atoms with Gasteiger partial charge in [-0.25, -0.2) is 4.79 Å². The highest BCUT2D eigenvalue weighted by Crippen LogP contribution is 2.41. The number of carboxylic acid groups (broad SMARTS) is 1. The molecule has 2 amide bonds. The molecule has 2 heterocycles. The topological polar surface area (TPSA) is 111 Å². The van der Waals surface area contributed by atoms with Gasteiger partial charge in [-0.2, -0.15) is 5.26 Å². The Morgan fingerprint density at radius 1 is 1.36 bits per heavy atom. The summed E-state index contributed by atoms with van der Waals surface area (Å²) in [6.07, 6.45) is 0.124. The van der Waals surface area contributed by atoms with E-state index in [0.717, 1.165) is 5.56 Å². The Morgan fingerprint density at radius 2 is 2.08 bits per heavy atom.